The first kappa shape index (κ1) is 35.6. The Hall–Kier alpha value is -6.81. The zero-order valence-corrected chi connectivity index (χ0v) is 30.5. The molecule has 0 radical (unpaired) electrons. The molecule has 0 bridgehead atoms. The number of methoxy groups -OCH3 is 3. The lowest BCUT2D eigenvalue weighted by Crippen LogP contribution is -2.34. The monoisotopic (exact) mass is 717 g/mol. The highest BCUT2D eigenvalue weighted by molar-refractivity contribution is 6.32. The molecule has 0 fully saturated rings. The molecule has 0 saturated heterocycles. The van der Waals surface area contributed by atoms with Crippen molar-refractivity contribution in [2.75, 3.05) is 32.8 Å². The molecule has 270 valence electrons. The summed E-state index contributed by atoms with van der Waals surface area (Å²) in [7, 11) is 4.63. The second-order valence-electron chi connectivity index (χ2n) is 12.4. The van der Waals surface area contributed by atoms with Gasteiger partial charge in [0.05, 0.1) is 39.3 Å². The molecule has 0 atom stereocenters. The van der Waals surface area contributed by atoms with Gasteiger partial charge in [0, 0.05) is 35.0 Å². The quantitative estimate of drug-likeness (QED) is 0.110. The largest absolute Gasteiger partial charge is 0.493 e. The summed E-state index contributed by atoms with van der Waals surface area (Å²) in [5.41, 5.74) is 6.75. The van der Waals surface area contributed by atoms with Gasteiger partial charge in [-0.05, 0) is 72.2 Å². The van der Waals surface area contributed by atoms with Crippen LogP contribution in [0, 0.1) is 0 Å². The minimum Gasteiger partial charge on any atom is -0.493 e. The number of amides is 1. The van der Waals surface area contributed by atoms with Crippen LogP contribution in [0.1, 0.15) is 29.3 Å². The first-order valence-electron chi connectivity index (χ1n) is 17.6. The summed E-state index contributed by atoms with van der Waals surface area (Å²) in [5.74, 6) is 2.29. The predicted molar refractivity (Wildman–Crippen MR) is 210 cm³/mol. The Morgan fingerprint density at radius 2 is 1.33 bits per heavy atom. The standard InChI is InChI=1S/C44H39N5O5/c1-5-29-16-19-34(45-28-29)22-23-54-35-20-17-32(18-21-35)37-27-36(31-12-8-6-9-13-31)47-44(48-37)49-42(33-14-10-7-11-15-33)46-38(43(49)50)24-30-25-39(51-2)41(53-4)40(26-30)52-3/h6-21,24-28H,5,22-23H2,1-4H3/b38-24-. The number of anilines is 1. The number of ether oxygens (including phenoxy) is 4. The van der Waals surface area contributed by atoms with Gasteiger partial charge in [-0.15, -0.1) is 0 Å². The molecule has 10 nitrogen and oxygen atoms in total. The van der Waals surface area contributed by atoms with Gasteiger partial charge in [-0.3, -0.25) is 9.78 Å². The average Bonchev–Trinajstić information content (AvgIpc) is 3.56. The van der Waals surface area contributed by atoms with Crippen molar-refractivity contribution in [1.29, 1.82) is 0 Å². The Balaban J connectivity index is 1.25. The van der Waals surface area contributed by atoms with Crippen molar-refractivity contribution in [1.82, 2.24) is 15.0 Å². The number of rotatable bonds is 13. The van der Waals surface area contributed by atoms with Gasteiger partial charge in [-0.2, -0.15) is 0 Å². The minimum absolute atomic E-state index is 0.189. The van der Waals surface area contributed by atoms with E-state index in [0.717, 1.165) is 34.6 Å². The minimum atomic E-state index is -0.388. The van der Waals surface area contributed by atoms with Crippen LogP contribution in [0.25, 0.3) is 28.6 Å². The van der Waals surface area contributed by atoms with E-state index in [-0.39, 0.29) is 17.6 Å². The van der Waals surface area contributed by atoms with Crippen molar-refractivity contribution < 1.29 is 23.7 Å². The second kappa shape index (κ2) is 16.2. The SMILES string of the molecule is CCc1ccc(CCOc2ccc(-c3cc(-c4ccccc4)nc(N4C(=O)/C(=C/c5cc(OC)c(OC)c(OC)c5)N=C4c4ccccc4)n3)cc2)nc1. The molecular formula is C44H39N5O5. The molecule has 54 heavy (non-hydrogen) atoms. The topological polar surface area (TPSA) is 108 Å². The Morgan fingerprint density at radius 1 is 0.704 bits per heavy atom. The van der Waals surface area contributed by atoms with Crippen molar-refractivity contribution in [3.63, 3.8) is 0 Å². The average molecular weight is 718 g/mol. The summed E-state index contributed by atoms with van der Waals surface area (Å²) in [6, 6.07) is 36.7. The third kappa shape index (κ3) is 7.68. The van der Waals surface area contributed by atoms with Crippen molar-refractivity contribution in [2.24, 2.45) is 4.99 Å². The Bertz CT molecular complexity index is 2280. The molecule has 10 heteroatoms. The number of pyridine rings is 1. The van der Waals surface area contributed by atoms with Gasteiger partial charge in [0.2, 0.25) is 11.7 Å². The molecule has 0 spiro atoms. The van der Waals surface area contributed by atoms with Crippen molar-refractivity contribution >= 4 is 23.8 Å². The van der Waals surface area contributed by atoms with Crippen molar-refractivity contribution in [3.8, 4) is 45.5 Å². The van der Waals surface area contributed by atoms with Crippen LogP contribution in [-0.4, -0.2) is 54.6 Å². The highest BCUT2D eigenvalue weighted by atomic mass is 16.5. The maximum Gasteiger partial charge on any atom is 0.285 e. The van der Waals surface area contributed by atoms with E-state index in [2.05, 4.69) is 18.0 Å². The van der Waals surface area contributed by atoms with E-state index >= 15 is 0 Å². The van der Waals surface area contributed by atoms with E-state index in [1.54, 1.807) is 39.5 Å². The summed E-state index contributed by atoms with van der Waals surface area (Å²) in [6.45, 7) is 2.61. The number of aromatic nitrogens is 3. The van der Waals surface area contributed by atoms with Crippen LogP contribution >= 0.6 is 0 Å². The predicted octanol–water partition coefficient (Wildman–Crippen LogP) is 8.25. The van der Waals surface area contributed by atoms with Crippen LogP contribution in [-0.2, 0) is 17.6 Å². The molecule has 3 heterocycles. The number of carbonyl (C=O) groups excluding carboxylic acids is 1. The number of aliphatic imine (C=N–C) groups is 1. The van der Waals surface area contributed by atoms with Gasteiger partial charge in [-0.1, -0.05) is 73.7 Å². The van der Waals surface area contributed by atoms with E-state index in [9.17, 15) is 4.79 Å². The molecular weight excluding hydrogens is 679 g/mol. The van der Waals surface area contributed by atoms with E-state index < -0.39 is 0 Å². The maximum atomic E-state index is 14.5. The summed E-state index contributed by atoms with van der Waals surface area (Å²) in [4.78, 5) is 35.3. The van der Waals surface area contributed by atoms with Crippen LogP contribution in [0.2, 0.25) is 0 Å². The first-order chi connectivity index (χ1) is 26.5. The molecule has 1 amide bonds. The van der Waals surface area contributed by atoms with Gasteiger partial charge in [0.25, 0.3) is 5.91 Å². The summed E-state index contributed by atoms with van der Waals surface area (Å²) in [6.07, 6.45) is 5.27. The zero-order valence-electron chi connectivity index (χ0n) is 30.5. The van der Waals surface area contributed by atoms with Crippen molar-refractivity contribution in [2.45, 2.75) is 19.8 Å². The summed E-state index contributed by atoms with van der Waals surface area (Å²) in [5, 5.41) is 0. The third-order valence-electron chi connectivity index (χ3n) is 8.94. The lowest BCUT2D eigenvalue weighted by atomic mass is 10.1. The van der Waals surface area contributed by atoms with Crippen molar-refractivity contribution in [3.05, 3.63) is 150 Å². The number of carbonyl (C=O) groups is 1. The van der Waals surface area contributed by atoms with E-state index in [0.29, 0.717) is 53.1 Å². The van der Waals surface area contributed by atoms with Crippen LogP contribution in [0.15, 0.2) is 132 Å². The smallest absolute Gasteiger partial charge is 0.285 e. The zero-order chi connectivity index (χ0) is 37.4. The Kier molecular flexibility index (Phi) is 10.7. The molecule has 0 unspecified atom stereocenters. The highest BCUT2D eigenvalue weighted by Gasteiger charge is 2.35. The number of aryl methyl sites for hydroxylation is 1. The molecule has 7 rings (SSSR count). The van der Waals surface area contributed by atoms with E-state index in [1.807, 2.05) is 103 Å². The molecule has 1 aliphatic heterocycles. The highest BCUT2D eigenvalue weighted by Crippen LogP contribution is 2.39. The molecule has 6 aromatic rings. The summed E-state index contributed by atoms with van der Waals surface area (Å²) < 4.78 is 22.7. The number of nitrogens with zero attached hydrogens (tertiary/aromatic N) is 5. The van der Waals surface area contributed by atoms with Gasteiger partial charge >= 0.3 is 0 Å². The fourth-order valence-corrected chi connectivity index (χ4v) is 6.07. The fourth-order valence-electron chi connectivity index (χ4n) is 6.07. The Labute approximate surface area is 314 Å². The molecule has 2 aromatic heterocycles. The normalized spacial score (nSPS) is 13.2. The first-order valence-corrected chi connectivity index (χ1v) is 17.6. The lowest BCUT2D eigenvalue weighted by molar-refractivity contribution is -0.113. The number of hydrogen-bond donors (Lipinski definition) is 0. The van der Waals surface area contributed by atoms with Gasteiger partial charge < -0.3 is 18.9 Å². The van der Waals surface area contributed by atoms with Crippen LogP contribution < -0.4 is 23.8 Å². The van der Waals surface area contributed by atoms with Crippen LogP contribution in [0.3, 0.4) is 0 Å². The fraction of sp³-hybridized carbons (Fsp3) is 0.159. The van der Waals surface area contributed by atoms with Crippen LogP contribution in [0.5, 0.6) is 23.0 Å². The van der Waals surface area contributed by atoms with Gasteiger partial charge in [0.15, 0.2) is 17.3 Å². The lowest BCUT2D eigenvalue weighted by Gasteiger charge is -2.18. The van der Waals surface area contributed by atoms with E-state index in [4.69, 9.17) is 33.9 Å². The summed E-state index contributed by atoms with van der Waals surface area (Å²) >= 11 is 0. The van der Waals surface area contributed by atoms with E-state index in [1.165, 1.54) is 10.5 Å². The molecule has 4 aromatic carbocycles. The molecule has 1 aliphatic rings. The Morgan fingerprint density at radius 3 is 1.91 bits per heavy atom. The van der Waals surface area contributed by atoms with Gasteiger partial charge in [-0.25, -0.2) is 19.9 Å². The van der Waals surface area contributed by atoms with Crippen LogP contribution in [0.4, 0.5) is 5.95 Å². The third-order valence-corrected chi connectivity index (χ3v) is 8.94. The number of hydrogen-bond acceptors (Lipinski definition) is 9. The van der Waals surface area contributed by atoms with Gasteiger partial charge in [0.1, 0.15) is 11.4 Å². The molecule has 0 saturated carbocycles. The maximum absolute atomic E-state index is 14.5. The number of amidine groups is 1. The molecule has 0 N–H and O–H groups in total. The number of benzene rings is 4. The molecule has 0 aliphatic carbocycles. The second-order valence-corrected chi connectivity index (χ2v) is 12.4.